The summed E-state index contributed by atoms with van der Waals surface area (Å²) in [6, 6.07) is 0.414. The number of aliphatic hydroxyl groups is 1. The molecule has 2 N–H and O–H groups in total. The normalized spacial score (nSPS) is 13.5. The zero-order valence-electron chi connectivity index (χ0n) is 8.14. The molecule has 4 heteroatoms. The highest BCUT2D eigenvalue weighted by atomic mass is 16.3. The lowest BCUT2D eigenvalue weighted by Gasteiger charge is -2.14. The molecule has 4 nitrogen and oxygen atoms in total. The van der Waals surface area contributed by atoms with Gasteiger partial charge in [0.2, 0.25) is 0 Å². The van der Waals surface area contributed by atoms with E-state index in [-0.39, 0.29) is 6.10 Å². The van der Waals surface area contributed by atoms with E-state index >= 15 is 0 Å². The van der Waals surface area contributed by atoms with E-state index in [9.17, 15) is 5.11 Å². The van der Waals surface area contributed by atoms with Gasteiger partial charge in [-0.05, 0) is 0 Å². The van der Waals surface area contributed by atoms with Crippen LogP contribution in [0.2, 0.25) is 0 Å². The van der Waals surface area contributed by atoms with Gasteiger partial charge in [-0.15, -0.1) is 0 Å². The van der Waals surface area contributed by atoms with Crippen LogP contribution >= 0.6 is 0 Å². The third-order valence-electron chi connectivity index (χ3n) is 1.74. The van der Waals surface area contributed by atoms with Crippen molar-refractivity contribution in [3.63, 3.8) is 0 Å². The quantitative estimate of drug-likeness (QED) is 0.687. The van der Waals surface area contributed by atoms with Crippen LogP contribution in [-0.2, 0) is 6.54 Å². The van der Waals surface area contributed by atoms with Crippen LogP contribution in [0.5, 0.6) is 0 Å². The minimum atomic E-state index is -0.350. The highest BCUT2D eigenvalue weighted by Crippen LogP contribution is 1.91. The topological polar surface area (TPSA) is 50.1 Å². The molecule has 0 spiro atoms. The maximum atomic E-state index is 9.56. The standard InChI is InChI=1S/C9H17N3O/c1-8(2)11-5-9(13)6-12-4-3-10-7-12/h3-4,7-9,11,13H,5-6H2,1-2H3. The van der Waals surface area contributed by atoms with E-state index in [1.54, 1.807) is 12.5 Å². The Labute approximate surface area is 78.6 Å². The van der Waals surface area contributed by atoms with Crippen LogP contribution in [-0.4, -0.2) is 33.3 Å². The number of hydrogen-bond acceptors (Lipinski definition) is 3. The number of aliphatic hydroxyl groups excluding tert-OH is 1. The highest BCUT2D eigenvalue weighted by Gasteiger charge is 2.04. The minimum Gasteiger partial charge on any atom is -0.390 e. The molecule has 1 rings (SSSR count). The average Bonchev–Trinajstić information content (AvgIpc) is 2.53. The predicted molar refractivity (Wildman–Crippen MR) is 51.4 cm³/mol. The lowest BCUT2D eigenvalue weighted by atomic mass is 10.3. The molecule has 74 valence electrons. The van der Waals surface area contributed by atoms with Gasteiger partial charge in [-0.25, -0.2) is 4.98 Å². The van der Waals surface area contributed by atoms with E-state index in [1.165, 1.54) is 0 Å². The first-order valence-electron chi connectivity index (χ1n) is 4.55. The van der Waals surface area contributed by atoms with Crippen LogP contribution in [0.4, 0.5) is 0 Å². The first-order valence-corrected chi connectivity index (χ1v) is 4.55. The SMILES string of the molecule is CC(C)NCC(O)Cn1ccnc1. The summed E-state index contributed by atoms with van der Waals surface area (Å²) in [5.41, 5.74) is 0. The fraction of sp³-hybridized carbons (Fsp3) is 0.667. The molecule has 0 aliphatic heterocycles. The van der Waals surface area contributed by atoms with Crippen molar-refractivity contribution in [2.45, 2.75) is 32.5 Å². The van der Waals surface area contributed by atoms with Crippen LogP contribution in [0.25, 0.3) is 0 Å². The van der Waals surface area contributed by atoms with Crippen molar-refractivity contribution in [3.8, 4) is 0 Å². The second kappa shape index (κ2) is 4.99. The molecule has 0 fully saturated rings. The number of hydrogen-bond donors (Lipinski definition) is 2. The highest BCUT2D eigenvalue weighted by molar-refractivity contribution is 4.76. The number of rotatable bonds is 5. The molecule has 1 heterocycles. The minimum absolute atomic E-state index is 0.350. The van der Waals surface area contributed by atoms with Crippen molar-refractivity contribution in [1.82, 2.24) is 14.9 Å². The number of aromatic nitrogens is 2. The molecule has 1 unspecified atom stereocenters. The van der Waals surface area contributed by atoms with E-state index in [2.05, 4.69) is 24.1 Å². The maximum absolute atomic E-state index is 9.56. The lowest BCUT2D eigenvalue weighted by Crippen LogP contribution is -2.34. The van der Waals surface area contributed by atoms with Crippen molar-refractivity contribution in [2.24, 2.45) is 0 Å². The maximum Gasteiger partial charge on any atom is 0.0946 e. The molecule has 1 atom stereocenters. The summed E-state index contributed by atoms with van der Waals surface area (Å²) in [4.78, 5) is 3.90. The molecule has 0 aliphatic carbocycles. The molecule has 1 aromatic heterocycles. The van der Waals surface area contributed by atoms with Crippen LogP contribution in [0.15, 0.2) is 18.7 Å². The summed E-state index contributed by atoms with van der Waals surface area (Å²) in [7, 11) is 0. The van der Waals surface area contributed by atoms with Gasteiger partial charge in [0, 0.05) is 25.0 Å². The Kier molecular flexibility index (Phi) is 3.92. The molecule has 0 aliphatic rings. The van der Waals surface area contributed by atoms with Crippen molar-refractivity contribution in [2.75, 3.05) is 6.54 Å². The second-order valence-electron chi connectivity index (χ2n) is 3.48. The van der Waals surface area contributed by atoms with Gasteiger partial charge >= 0.3 is 0 Å². The molecule has 0 saturated heterocycles. The van der Waals surface area contributed by atoms with E-state index in [0.29, 0.717) is 19.1 Å². The van der Waals surface area contributed by atoms with Gasteiger partial charge in [0.1, 0.15) is 0 Å². The summed E-state index contributed by atoms with van der Waals surface area (Å²) < 4.78 is 1.87. The third-order valence-corrected chi connectivity index (χ3v) is 1.74. The zero-order chi connectivity index (χ0) is 9.68. The molecule has 0 bridgehead atoms. The van der Waals surface area contributed by atoms with Gasteiger partial charge in [-0.3, -0.25) is 0 Å². The summed E-state index contributed by atoms with van der Waals surface area (Å²) in [5.74, 6) is 0. The molecular formula is C9H17N3O. The summed E-state index contributed by atoms with van der Waals surface area (Å²) >= 11 is 0. The van der Waals surface area contributed by atoms with Crippen LogP contribution in [0.1, 0.15) is 13.8 Å². The van der Waals surface area contributed by atoms with Crippen molar-refractivity contribution >= 4 is 0 Å². The first-order chi connectivity index (χ1) is 6.18. The van der Waals surface area contributed by atoms with E-state index in [0.717, 1.165) is 0 Å². The molecule has 13 heavy (non-hydrogen) atoms. The smallest absolute Gasteiger partial charge is 0.0946 e. The Hall–Kier alpha value is -0.870. The van der Waals surface area contributed by atoms with Crippen LogP contribution in [0, 0.1) is 0 Å². The fourth-order valence-corrected chi connectivity index (χ4v) is 1.07. The molecule has 1 aromatic rings. The largest absolute Gasteiger partial charge is 0.390 e. The Morgan fingerprint density at radius 3 is 2.85 bits per heavy atom. The van der Waals surface area contributed by atoms with Gasteiger partial charge < -0.3 is 15.0 Å². The summed E-state index contributed by atoms with van der Waals surface area (Å²) in [6.45, 7) is 5.34. The average molecular weight is 183 g/mol. The molecule has 0 amide bonds. The fourth-order valence-electron chi connectivity index (χ4n) is 1.07. The number of imidazole rings is 1. The van der Waals surface area contributed by atoms with Crippen LogP contribution in [0.3, 0.4) is 0 Å². The third kappa shape index (κ3) is 4.05. The summed E-state index contributed by atoms with van der Waals surface area (Å²) in [5, 5.41) is 12.7. The van der Waals surface area contributed by atoms with Gasteiger partial charge in [0.25, 0.3) is 0 Å². The number of nitrogens with zero attached hydrogens (tertiary/aromatic N) is 2. The molecule has 0 radical (unpaired) electrons. The predicted octanol–water partition coefficient (Wildman–Crippen LogP) is 0.242. The van der Waals surface area contributed by atoms with Crippen molar-refractivity contribution in [1.29, 1.82) is 0 Å². The molecule has 0 saturated carbocycles. The van der Waals surface area contributed by atoms with E-state index in [1.807, 2.05) is 10.8 Å². The van der Waals surface area contributed by atoms with Gasteiger partial charge in [-0.2, -0.15) is 0 Å². The van der Waals surface area contributed by atoms with E-state index < -0.39 is 0 Å². The number of nitrogens with one attached hydrogen (secondary N) is 1. The monoisotopic (exact) mass is 183 g/mol. The summed E-state index contributed by atoms with van der Waals surface area (Å²) in [6.07, 6.45) is 4.91. The van der Waals surface area contributed by atoms with Gasteiger partial charge in [0.05, 0.1) is 19.0 Å². The Balaban J connectivity index is 2.22. The second-order valence-corrected chi connectivity index (χ2v) is 3.48. The Morgan fingerprint density at radius 2 is 2.31 bits per heavy atom. The zero-order valence-corrected chi connectivity index (χ0v) is 8.14. The van der Waals surface area contributed by atoms with Crippen molar-refractivity contribution < 1.29 is 5.11 Å². The lowest BCUT2D eigenvalue weighted by molar-refractivity contribution is 0.149. The van der Waals surface area contributed by atoms with Crippen molar-refractivity contribution in [3.05, 3.63) is 18.7 Å². The molecule has 0 aromatic carbocycles. The van der Waals surface area contributed by atoms with Gasteiger partial charge in [-0.1, -0.05) is 13.8 Å². The van der Waals surface area contributed by atoms with E-state index in [4.69, 9.17) is 0 Å². The first kappa shape index (κ1) is 10.2. The Morgan fingerprint density at radius 1 is 1.54 bits per heavy atom. The molecular weight excluding hydrogens is 166 g/mol. The van der Waals surface area contributed by atoms with Crippen LogP contribution < -0.4 is 5.32 Å². The Bertz CT molecular complexity index is 221. The van der Waals surface area contributed by atoms with Gasteiger partial charge in [0.15, 0.2) is 0 Å².